The summed E-state index contributed by atoms with van der Waals surface area (Å²) >= 11 is 0. The number of hydrogen-bond donors (Lipinski definition) is 1. The van der Waals surface area contributed by atoms with E-state index in [0.717, 1.165) is 19.5 Å². The van der Waals surface area contributed by atoms with Crippen LogP contribution in [0.3, 0.4) is 0 Å². The standard InChI is InChI=1S/C15H27N3/c1-4-14(5-2)18-10-7-13(17-18)11-15(8-9-15)12-16-6-3/h7,10,14,16H,4-6,8-9,11-12H2,1-3H3. The molecule has 0 aliphatic heterocycles. The van der Waals surface area contributed by atoms with Crippen molar-refractivity contribution in [1.29, 1.82) is 0 Å². The van der Waals surface area contributed by atoms with E-state index < -0.39 is 0 Å². The smallest absolute Gasteiger partial charge is 0.0630 e. The minimum Gasteiger partial charge on any atom is -0.316 e. The van der Waals surface area contributed by atoms with Crippen molar-refractivity contribution in [2.75, 3.05) is 13.1 Å². The summed E-state index contributed by atoms with van der Waals surface area (Å²) in [5.74, 6) is 0. The van der Waals surface area contributed by atoms with Gasteiger partial charge in [0, 0.05) is 12.7 Å². The van der Waals surface area contributed by atoms with Gasteiger partial charge in [-0.15, -0.1) is 0 Å². The van der Waals surface area contributed by atoms with Crippen LogP contribution < -0.4 is 5.32 Å². The third kappa shape index (κ3) is 3.14. The second-order valence-electron chi connectivity index (χ2n) is 5.71. The monoisotopic (exact) mass is 249 g/mol. The average molecular weight is 249 g/mol. The summed E-state index contributed by atoms with van der Waals surface area (Å²) in [5, 5.41) is 8.26. The third-order valence-electron chi connectivity index (χ3n) is 4.24. The van der Waals surface area contributed by atoms with Gasteiger partial charge in [-0.3, -0.25) is 4.68 Å². The van der Waals surface area contributed by atoms with Crippen molar-refractivity contribution in [1.82, 2.24) is 15.1 Å². The van der Waals surface area contributed by atoms with Crippen LogP contribution >= 0.6 is 0 Å². The molecule has 1 aromatic rings. The zero-order chi connectivity index (χ0) is 13.0. The molecule has 1 fully saturated rings. The van der Waals surface area contributed by atoms with Crippen LogP contribution in [0.1, 0.15) is 58.2 Å². The van der Waals surface area contributed by atoms with Crippen LogP contribution in [-0.2, 0) is 6.42 Å². The van der Waals surface area contributed by atoms with Gasteiger partial charge in [-0.1, -0.05) is 20.8 Å². The number of aromatic nitrogens is 2. The first-order valence-electron chi connectivity index (χ1n) is 7.47. The van der Waals surface area contributed by atoms with Crippen LogP contribution in [-0.4, -0.2) is 22.9 Å². The Kier molecular flexibility index (Phi) is 4.44. The molecule has 0 spiro atoms. The van der Waals surface area contributed by atoms with Gasteiger partial charge in [-0.2, -0.15) is 5.10 Å². The fourth-order valence-electron chi connectivity index (χ4n) is 2.71. The van der Waals surface area contributed by atoms with Gasteiger partial charge in [-0.05, 0) is 50.1 Å². The summed E-state index contributed by atoms with van der Waals surface area (Å²) in [6.07, 6.45) is 8.36. The molecule has 1 aliphatic carbocycles. The summed E-state index contributed by atoms with van der Waals surface area (Å²) in [7, 11) is 0. The van der Waals surface area contributed by atoms with Gasteiger partial charge in [0.05, 0.1) is 11.7 Å². The fraction of sp³-hybridized carbons (Fsp3) is 0.800. The van der Waals surface area contributed by atoms with Crippen LogP contribution in [0.2, 0.25) is 0 Å². The number of nitrogens with zero attached hydrogens (tertiary/aromatic N) is 2. The molecule has 0 radical (unpaired) electrons. The van der Waals surface area contributed by atoms with Crippen molar-refractivity contribution in [3.8, 4) is 0 Å². The average Bonchev–Trinajstić information content (AvgIpc) is 2.99. The first-order valence-corrected chi connectivity index (χ1v) is 7.47. The van der Waals surface area contributed by atoms with E-state index in [2.05, 4.69) is 43.0 Å². The first-order chi connectivity index (χ1) is 8.73. The third-order valence-corrected chi connectivity index (χ3v) is 4.24. The highest BCUT2D eigenvalue weighted by molar-refractivity contribution is 5.09. The molecule has 18 heavy (non-hydrogen) atoms. The summed E-state index contributed by atoms with van der Waals surface area (Å²) in [5.41, 5.74) is 1.79. The van der Waals surface area contributed by atoms with E-state index in [1.807, 2.05) is 0 Å². The lowest BCUT2D eigenvalue weighted by Gasteiger charge is -2.15. The topological polar surface area (TPSA) is 29.9 Å². The molecule has 0 unspecified atom stereocenters. The van der Waals surface area contributed by atoms with Gasteiger partial charge in [0.2, 0.25) is 0 Å². The van der Waals surface area contributed by atoms with Gasteiger partial charge in [0.25, 0.3) is 0 Å². The Morgan fingerprint density at radius 2 is 2.06 bits per heavy atom. The van der Waals surface area contributed by atoms with Crippen molar-refractivity contribution >= 4 is 0 Å². The highest BCUT2D eigenvalue weighted by Crippen LogP contribution is 2.47. The molecule has 1 N–H and O–H groups in total. The Balaban J connectivity index is 1.94. The zero-order valence-electron chi connectivity index (χ0n) is 12.1. The van der Waals surface area contributed by atoms with Gasteiger partial charge in [0.15, 0.2) is 0 Å². The van der Waals surface area contributed by atoms with Crippen LogP contribution in [0, 0.1) is 5.41 Å². The molecule has 1 aliphatic rings. The van der Waals surface area contributed by atoms with Crippen molar-refractivity contribution in [2.24, 2.45) is 5.41 Å². The summed E-state index contributed by atoms with van der Waals surface area (Å²) in [4.78, 5) is 0. The Morgan fingerprint density at radius 3 is 2.61 bits per heavy atom. The lowest BCUT2D eigenvalue weighted by molar-refractivity contribution is 0.414. The molecule has 3 heteroatoms. The quantitative estimate of drug-likeness (QED) is 0.767. The Hall–Kier alpha value is -0.830. The molecule has 0 bridgehead atoms. The Bertz CT molecular complexity index is 362. The van der Waals surface area contributed by atoms with Gasteiger partial charge in [-0.25, -0.2) is 0 Å². The zero-order valence-corrected chi connectivity index (χ0v) is 12.1. The van der Waals surface area contributed by atoms with Crippen LogP contribution in [0.4, 0.5) is 0 Å². The van der Waals surface area contributed by atoms with Gasteiger partial charge in [0.1, 0.15) is 0 Å². The first kappa shape index (κ1) is 13.6. The van der Waals surface area contributed by atoms with Crippen LogP contribution in [0.5, 0.6) is 0 Å². The van der Waals surface area contributed by atoms with E-state index in [-0.39, 0.29) is 0 Å². The van der Waals surface area contributed by atoms with E-state index in [0.29, 0.717) is 11.5 Å². The number of nitrogens with one attached hydrogen (secondary N) is 1. The molecule has 0 saturated heterocycles. The molecule has 1 aromatic heterocycles. The summed E-state index contributed by atoms with van der Waals surface area (Å²) in [6.45, 7) is 8.88. The van der Waals surface area contributed by atoms with E-state index >= 15 is 0 Å². The maximum absolute atomic E-state index is 4.77. The van der Waals surface area contributed by atoms with Crippen molar-refractivity contribution in [3.05, 3.63) is 18.0 Å². The molecule has 1 saturated carbocycles. The molecular weight excluding hydrogens is 222 g/mol. The van der Waals surface area contributed by atoms with E-state index in [1.165, 1.54) is 31.4 Å². The lowest BCUT2D eigenvalue weighted by Crippen LogP contribution is -2.25. The number of rotatable bonds is 8. The summed E-state index contributed by atoms with van der Waals surface area (Å²) < 4.78 is 2.17. The van der Waals surface area contributed by atoms with Crippen molar-refractivity contribution < 1.29 is 0 Å². The molecular formula is C15H27N3. The van der Waals surface area contributed by atoms with Crippen molar-refractivity contribution in [3.63, 3.8) is 0 Å². The highest BCUT2D eigenvalue weighted by Gasteiger charge is 2.42. The molecule has 1 heterocycles. The Morgan fingerprint density at radius 1 is 1.33 bits per heavy atom. The second kappa shape index (κ2) is 5.87. The molecule has 3 nitrogen and oxygen atoms in total. The SMILES string of the molecule is CCNCC1(Cc2ccn(C(CC)CC)n2)CC1. The summed E-state index contributed by atoms with van der Waals surface area (Å²) in [6, 6.07) is 2.78. The highest BCUT2D eigenvalue weighted by atomic mass is 15.3. The van der Waals surface area contributed by atoms with Crippen molar-refractivity contribution in [2.45, 2.75) is 58.9 Å². The molecule has 0 atom stereocenters. The Labute approximate surface area is 111 Å². The second-order valence-corrected chi connectivity index (χ2v) is 5.71. The predicted octanol–water partition coefficient (Wildman–Crippen LogP) is 3.18. The van der Waals surface area contributed by atoms with Crippen LogP contribution in [0.25, 0.3) is 0 Å². The lowest BCUT2D eigenvalue weighted by atomic mass is 10.0. The van der Waals surface area contributed by atoms with E-state index in [1.54, 1.807) is 0 Å². The molecule has 2 rings (SSSR count). The number of hydrogen-bond acceptors (Lipinski definition) is 2. The minimum absolute atomic E-state index is 0.517. The maximum atomic E-state index is 4.77. The van der Waals surface area contributed by atoms with E-state index in [9.17, 15) is 0 Å². The molecule has 0 amide bonds. The normalized spacial score (nSPS) is 17.3. The van der Waals surface area contributed by atoms with E-state index in [4.69, 9.17) is 5.10 Å². The fourth-order valence-corrected chi connectivity index (χ4v) is 2.71. The van der Waals surface area contributed by atoms with Crippen LogP contribution in [0.15, 0.2) is 12.3 Å². The molecule has 0 aromatic carbocycles. The largest absolute Gasteiger partial charge is 0.316 e. The van der Waals surface area contributed by atoms with Gasteiger partial charge < -0.3 is 5.32 Å². The predicted molar refractivity (Wildman–Crippen MR) is 75.8 cm³/mol. The minimum atomic E-state index is 0.517. The van der Waals surface area contributed by atoms with Gasteiger partial charge >= 0.3 is 0 Å². The molecule has 102 valence electrons. The maximum Gasteiger partial charge on any atom is 0.0630 e.